The number of hydrogen-bond donors (Lipinski definition) is 0. The van der Waals surface area contributed by atoms with Crippen LogP contribution < -0.4 is 4.74 Å². The molecule has 0 bridgehead atoms. The highest BCUT2D eigenvalue weighted by molar-refractivity contribution is 5.22. The molecule has 1 fully saturated rings. The van der Waals surface area contributed by atoms with Crippen LogP contribution in [0.2, 0.25) is 0 Å². The van der Waals surface area contributed by atoms with Crippen molar-refractivity contribution in [1.29, 1.82) is 0 Å². The first-order valence-electron chi connectivity index (χ1n) is 5.48. The fourth-order valence-corrected chi connectivity index (χ4v) is 1.61. The number of halogens is 1. The largest absolute Gasteiger partial charge is 0.485 e. The molecule has 5 nitrogen and oxygen atoms in total. The standard InChI is InChI=1S/C11H11FN4O/c12-8-2-1-3-10(6-8)17-7-11-13-14-15-16(11)9-4-5-9/h1-3,6,9H,4-5,7H2. The van der Waals surface area contributed by atoms with Gasteiger partial charge in [0.25, 0.3) is 0 Å². The molecule has 1 aliphatic rings. The summed E-state index contributed by atoms with van der Waals surface area (Å²) in [4.78, 5) is 0. The molecule has 0 N–H and O–H groups in total. The zero-order chi connectivity index (χ0) is 11.7. The van der Waals surface area contributed by atoms with E-state index in [0.717, 1.165) is 12.8 Å². The molecule has 1 aromatic heterocycles. The first kappa shape index (κ1) is 10.2. The van der Waals surface area contributed by atoms with Crippen LogP contribution in [-0.4, -0.2) is 20.2 Å². The molecule has 0 radical (unpaired) electrons. The van der Waals surface area contributed by atoms with E-state index in [-0.39, 0.29) is 12.4 Å². The van der Waals surface area contributed by atoms with Gasteiger partial charge >= 0.3 is 0 Å². The molecular weight excluding hydrogens is 223 g/mol. The van der Waals surface area contributed by atoms with Gasteiger partial charge in [0.05, 0.1) is 6.04 Å². The Hall–Kier alpha value is -1.98. The second-order valence-corrected chi connectivity index (χ2v) is 4.02. The first-order valence-corrected chi connectivity index (χ1v) is 5.48. The maximum Gasteiger partial charge on any atom is 0.189 e. The molecule has 0 unspecified atom stereocenters. The van der Waals surface area contributed by atoms with Gasteiger partial charge in [-0.3, -0.25) is 0 Å². The maximum absolute atomic E-state index is 12.9. The third kappa shape index (κ3) is 2.25. The van der Waals surface area contributed by atoms with Crippen molar-refractivity contribution in [3.8, 4) is 5.75 Å². The SMILES string of the molecule is Fc1cccc(OCc2nnnn2C2CC2)c1. The molecule has 3 rings (SSSR count). The van der Waals surface area contributed by atoms with Crippen molar-refractivity contribution in [1.82, 2.24) is 20.2 Å². The van der Waals surface area contributed by atoms with Crippen LogP contribution in [0.15, 0.2) is 24.3 Å². The van der Waals surface area contributed by atoms with Gasteiger partial charge in [-0.25, -0.2) is 9.07 Å². The number of hydrogen-bond acceptors (Lipinski definition) is 4. The summed E-state index contributed by atoms with van der Waals surface area (Å²) >= 11 is 0. The molecule has 1 aliphatic carbocycles. The summed E-state index contributed by atoms with van der Waals surface area (Å²) < 4.78 is 20.1. The Morgan fingerprint density at radius 1 is 1.41 bits per heavy atom. The van der Waals surface area contributed by atoms with E-state index in [0.29, 0.717) is 17.6 Å². The Labute approximate surface area is 97.2 Å². The Morgan fingerprint density at radius 3 is 3.06 bits per heavy atom. The summed E-state index contributed by atoms with van der Waals surface area (Å²) in [7, 11) is 0. The fraction of sp³-hybridized carbons (Fsp3) is 0.364. The quantitative estimate of drug-likeness (QED) is 0.808. The predicted molar refractivity (Wildman–Crippen MR) is 56.8 cm³/mol. The van der Waals surface area contributed by atoms with Crippen LogP contribution in [-0.2, 0) is 6.61 Å². The van der Waals surface area contributed by atoms with Crippen LogP contribution in [0.3, 0.4) is 0 Å². The molecular formula is C11H11FN4O. The lowest BCUT2D eigenvalue weighted by atomic mass is 10.3. The number of tetrazole rings is 1. The van der Waals surface area contributed by atoms with E-state index >= 15 is 0 Å². The smallest absolute Gasteiger partial charge is 0.189 e. The van der Waals surface area contributed by atoms with E-state index in [4.69, 9.17) is 4.74 Å². The van der Waals surface area contributed by atoms with Gasteiger partial charge < -0.3 is 4.74 Å². The molecule has 0 spiro atoms. The Kier molecular flexibility index (Phi) is 2.47. The molecule has 1 aromatic carbocycles. The number of ether oxygens (including phenoxy) is 1. The summed E-state index contributed by atoms with van der Waals surface area (Å²) in [5.41, 5.74) is 0. The lowest BCUT2D eigenvalue weighted by Crippen LogP contribution is -2.07. The van der Waals surface area contributed by atoms with Gasteiger partial charge in [-0.05, 0) is 35.4 Å². The molecule has 88 valence electrons. The van der Waals surface area contributed by atoms with E-state index in [1.807, 2.05) is 0 Å². The average Bonchev–Trinajstić information content (AvgIpc) is 3.06. The monoisotopic (exact) mass is 234 g/mol. The van der Waals surface area contributed by atoms with Crippen molar-refractivity contribution in [2.75, 3.05) is 0 Å². The van der Waals surface area contributed by atoms with Gasteiger partial charge in [-0.2, -0.15) is 0 Å². The Balaban J connectivity index is 1.69. The highest BCUT2D eigenvalue weighted by Crippen LogP contribution is 2.34. The van der Waals surface area contributed by atoms with E-state index in [2.05, 4.69) is 15.5 Å². The van der Waals surface area contributed by atoms with Crippen LogP contribution >= 0.6 is 0 Å². The zero-order valence-electron chi connectivity index (χ0n) is 9.08. The minimum absolute atomic E-state index is 0.257. The molecule has 0 amide bonds. The summed E-state index contributed by atoms with van der Waals surface area (Å²) in [5.74, 6) is 0.844. The number of nitrogens with zero attached hydrogens (tertiary/aromatic N) is 4. The second kappa shape index (κ2) is 4.12. The van der Waals surface area contributed by atoms with Crippen LogP contribution in [0, 0.1) is 5.82 Å². The van der Waals surface area contributed by atoms with Gasteiger partial charge in [-0.15, -0.1) is 5.10 Å². The topological polar surface area (TPSA) is 52.8 Å². The summed E-state index contributed by atoms with van der Waals surface area (Å²) in [6.45, 7) is 0.257. The van der Waals surface area contributed by atoms with Crippen molar-refractivity contribution < 1.29 is 9.13 Å². The van der Waals surface area contributed by atoms with Crippen LogP contribution in [0.1, 0.15) is 24.7 Å². The van der Waals surface area contributed by atoms with Crippen LogP contribution in [0.5, 0.6) is 5.75 Å². The highest BCUT2D eigenvalue weighted by atomic mass is 19.1. The molecule has 0 saturated heterocycles. The van der Waals surface area contributed by atoms with E-state index < -0.39 is 0 Å². The maximum atomic E-state index is 12.9. The number of benzene rings is 1. The Bertz CT molecular complexity index is 524. The number of rotatable bonds is 4. The molecule has 1 heterocycles. The summed E-state index contributed by atoms with van der Waals surface area (Å²) in [5, 5.41) is 11.4. The van der Waals surface area contributed by atoms with Crippen LogP contribution in [0.4, 0.5) is 4.39 Å². The summed E-state index contributed by atoms with van der Waals surface area (Å²) in [6, 6.07) is 6.44. The van der Waals surface area contributed by atoms with Crippen molar-refractivity contribution >= 4 is 0 Å². The molecule has 0 atom stereocenters. The van der Waals surface area contributed by atoms with Crippen LogP contribution in [0.25, 0.3) is 0 Å². The Morgan fingerprint density at radius 2 is 2.29 bits per heavy atom. The second-order valence-electron chi connectivity index (χ2n) is 4.02. The third-order valence-corrected chi connectivity index (χ3v) is 2.62. The normalized spacial score (nSPS) is 14.9. The fourth-order valence-electron chi connectivity index (χ4n) is 1.61. The molecule has 6 heteroatoms. The lowest BCUT2D eigenvalue weighted by Gasteiger charge is -2.05. The molecule has 0 aliphatic heterocycles. The molecule has 2 aromatic rings. The highest BCUT2D eigenvalue weighted by Gasteiger charge is 2.27. The van der Waals surface area contributed by atoms with Gasteiger partial charge in [0.2, 0.25) is 0 Å². The van der Waals surface area contributed by atoms with E-state index in [9.17, 15) is 4.39 Å². The first-order chi connectivity index (χ1) is 8.33. The minimum Gasteiger partial charge on any atom is -0.485 e. The zero-order valence-corrected chi connectivity index (χ0v) is 9.08. The van der Waals surface area contributed by atoms with Gasteiger partial charge in [-0.1, -0.05) is 6.07 Å². The lowest BCUT2D eigenvalue weighted by molar-refractivity contribution is 0.285. The van der Waals surface area contributed by atoms with Gasteiger partial charge in [0.15, 0.2) is 5.82 Å². The van der Waals surface area contributed by atoms with Gasteiger partial charge in [0, 0.05) is 6.07 Å². The third-order valence-electron chi connectivity index (χ3n) is 2.62. The summed E-state index contributed by atoms with van der Waals surface area (Å²) in [6.07, 6.45) is 2.22. The van der Waals surface area contributed by atoms with Crippen molar-refractivity contribution in [2.45, 2.75) is 25.5 Å². The minimum atomic E-state index is -0.315. The van der Waals surface area contributed by atoms with Crippen molar-refractivity contribution in [3.63, 3.8) is 0 Å². The molecule has 17 heavy (non-hydrogen) atoms. The average molecular weight is 234 g/mol. The molecule has 1 saturated carbocycles. The van der Waals surface area contributed by atoms with E-state index in [1.165, 1.54) is 12.1 Å². The van der Waals surface area contributed by atoms with E-state index in [1.54, 1.807) is 16.8 Å². The van der Waals surface area contributed by atoms with Crippen molar-refractivity contribution in [2.24, 2.45) is 0 Å². The predicted octanol–water partition coefficient (Wildman–Crippen LogP) is 1.73. The number of aromatic nitrogens is 4. The van der Waals surface area contributed by atoms with Crippen molar-refractivity contribution in [3.05, 3.63) is 35.9 Å². The van der Waals surface area contributed by atoms with Gasteiger partial charge in [0.1, 0.15) is 18.2 Å².